The predicted octanol–water partition coefficient (Wildman–Crippen LogP) is 3.02. The molecular weight excluding hydrogens is 350 g/mol. The summed E-state index contributed by atoms with van der Waals surface area (Å²) in [7, 11) is 0. The SMILES string of the molecule is CCN(CC)C(=O)CN1C(=O)COc2ccc(-c3nc(C)sc3C)cc21. The predicted molar refractivity (Wildman–Crippen MR) is 103 cm³/mol. The Labute approximate surface area is 157 Å². The van der Waals surface area contributed by atoms with Gasteiger partial charge in [-0.05, 0) is 45.9 Å². The molecule has 2 heterocycles. The second-order valence-corrected chi connectivity index (χ2v) is 7.56. The van der Waals surface area contributed by atoms with E-state index in [-0.39, 0.29) is 25.0 Å². The van der Waals surface area contributed by atoms with Crippen molar-refractivity contribution in [3.63, 3.8) is 0 Å². The van der Waals surface area contributed by atoms with Crippen molar-refractivity contribution >= 4 is 28.8 Å². The van der Waals surface area contributed by atoms with E-state index in [2.05, 4.69) is 4.98 Å². The lowest BCUT2D eigenvalue weighted by Crippen LogP contribution is -2.46. The second kappa shape index (κ2) is 7.45. The molecule has 138 valence electrons. The molecule has 0 spiro atoms. The van der Waals surface area contributed by atoms with Crippen LogP contribution in [0, 0.1) is 13.8 Å². The third-order valence-electron chi connectivity index (χ3n) is 4.49. The molecule has 0 aliphatic carbocycles. The Balaban J connectivity index is 1.97. The van der Waals surface area contributed by atoms with E-state index >= 15 is 0 Å². The van der Waals surface area contributed by atoms with E-state index in [9.17, 15) is 9.59 Å². The molecule has 0 saturated heterocycles. The average Bonchev–Trinajstić information content (AvgIpc) is 2.96. The largest absolute Gasteiger partial charge is 0.482 e. The normalized spacial score (nSPS) is 13.4. The van der Waals surface area contributed by atoms with Crippen LogP contribution in [-0.4, -0.2) is 47.9 Å². The summed E-state index contributed by atoms with van der Waals surface area (Å²) in [6, 6.07) is 5.68. The van der Waals surface area contributed by atoms with E-state index in [1.165, 1.54) is 4.90 Å². The number of anilines is 1. The number of benzene rings is 1. The molecule has 1 aliphatic heterocycles. The lowest BCUT2D eigenvalue weighted by Gasteiger charge is -2.31. The number of ether oxygens (including phenoxy) is 1. The molecule has 2 amide bonds. The first kappa shape index (κ1) is 18.4. The molecule has 6 nitrogen and oxygen atoms in total. The van der Waals surface area contributed by atoms with Crippen molar-refractivity contribution in [3.8, 4) is 17.0 Å². The fourth-order valence-electron chi connectivity index (χ4n) is 3.13. The van der Waals surface area contributed by atoms with Crippen molar-refractivity contribution in [3.05, 3.63) is 28.1 Å². The maximum atomic E-state index is 12.5. The molecular formula is C19H23N3O3S. The van der Waals surface area contributed by atoms with Gasteiger partial charge in [-0.25, -0.2) is 4.98 Å². The Morgan fingerprint density at radius 3 is 2.65 bits per heavy atom. The van der Waals surface area contributed by atoms with Gasteiger partial charge in [0.05, 0.1) is 16.4 Å². The van der Waals surface area contributed by atoms with E-state index < -0.39 is 0 Å². The summed E-state index contributed by atoms with van der Waals surface area (Å²) in [6.45, 7) is 9.09. The van der Waals surface area contributed by atoms with Crippen LogP contribution in [0.5, 0.6) is 5.75 Å². The summed E-state index contributed by atoms with van der Waals surface area (Å²) in [6.07, 6.45) is 0. The van der Waals surface area contributed by atoms with Gasteiger partial charge < -0.3 is 9.64 Å². The Bertz CT molecular complexity index is 843. The van der Waals surface area contributed by atoms with E-state index in [1.54, 1.807) is 16.2 Å². The van der Waals surface area contributed by atoms with Crippen LogP contribution in [0.4, 0.5) is 5.69 Å². The highest BCUT2D eigenvalue weighted by Crippen LogP contribution is 2.37. The summed E-state index contributed by atoms with van der Waals surface area (Å²) in [4.78, 5) is 33.9. The highest BCUT2D eigenvalue weighted by Gasteiger charge is 2.29. The molecule has 3 rings (SSSR count). The number of likely N-dealkylation sites (N-methyl/N-ethyl adjacent to an activating group) is 1. The lowest BCUT2D eigenvalue weighted by atomic mass is 10.1. The molecule has 0 N–H and O–H groups in total. The van der Waals surface area contributed by atoms with Crippen LogP contribution in [0.25, 0.3) is 11.3 Å². The van der Waals surface area contributed by atoms with Gasteiger partial charge >= 0.3 is 0 Å². The van der Waals surface area contributed by atoms with Crippen molar-refractivity contribution in [1.29, 1.82) is 0 Å². The number of aryl methyl sites for hydroxylation is 2. The summed E-state index contributed by atoms with van der Waals surface area (Å²) in [5.74, 6) is 0.342. The molecule has 0 fully saturated rings. The van der Waals surface area contributed by atoms with Crippen LogP contribution in [-0.2, 0) is 9.59 Å². The van der Waals surface area contributed by atoms with Crippen LogP contribution in [0.15, 0.2) is 18.2 Å². The average molecular weight is 373 g/mol. The Morgan fingerprint density at radius 2 is 2.04 bits per heavy atom. The number of amides is 2. The van der Waals surface area contributed by atoms with Crippen molar-refractivity contribution in [2.45, 2.75) is 27.7 Å². The van der Waals surface area contributed by atoms with Crippen LogP contribution in [0.2, 0.25) is 0 Å². The number of nitrogens with zero attached hydrogens (tertiary/aromatic N) is 3. The van der Waals surface area contributed by atoms with Crippen molar-refractivity contribution in [2.24, 2.45) is 0 Å². The minimum atomic E-state index is -0.207. The number of rotatable bonds is 5. The topological polar surface area (TPSA) is 62.7 Å². The number of carbonyl (C=O) groups excluding carboxylic acids is 2. The van der Waals surface area contributed by atoms with Crippen LogP contribution in [0.1, 0.15) is 23.7 Å². The third kappa shape index (κ3) is 3.44. The fourth-order valence-corrected chi connectivity index (χ4v) is 3.97. The molecule has 0 saturated carbocycles. The summed E-state index contributed by atoms with van der Waals surface area (Å²) >= 11 is 1.64. The highest BCUT2D eigenvalue weighted by atomic mass is 32.1. The van der Waals surface area contributed by atoms with E-state index in [0.717, 1.165) is 21.1 Å². The van der Waals surface area contributed by atoms with E-state index in [4.69, 9.17) is 4.74 Å². The Hall–Kier alpha value is -2.41. The van der Waals surface area contributed by atoms with Crippen LogP contribution >= 0.6 is 11.3 Å². The first-order valence-electron chi connectivity index (χ1n) is 8.74. The first-order chi connectivity index (χ1) is 12.4. The number of aromatic nitrogens is 1. The molecule has 0 unspecified atom stereocenters. The maximum absolute atomic E-state index is 12.5. The Morgan fingerprint density at radius 1 is 1.31 bits per heavy atom. The molecule has 7 heteroatoms. The summed E-state index contributed by atoms with van der Waals surface area (Å²) in [5.41, 5.74) is 2.46. The molecule has 26 heavy (non-hydrogen) atoms. The maximum Gasteiger partial charge on any atom is 0.265 e. The number of hydrogen-bond donors (Lipinski definition) is 0. The molecule has 0 atom stereocenters. The lowest BCUT2D eigenvalue weighted by molar-refractivity contribution is -0.131. The van der Waals surface area contributed by atoms with Crippen LogP contribution in [0.3, 0.4) is 0 Å². The Kier molecular flexibility index (Phi) is 5.27. The van der Waals surface area contributed by atoms with E-state index in [0.29, 0.717) is 24.5 Å². The molecule has 1 aromatic carbocycles. The standard InChI is InChI=1S/C19H23N3O3S/c1-5-21(6-2)17(23)10-22-15-9-14(19-12(3)26-13(4)20-19)7-8-16(15)25-11-18(22)24/h7-9H,5-6,10-11H2,1-4H3. The van der Waals surface area contributed by atoms with E-state index in [1.807, 2.05) is 45.9 Å². The van der Waals surface area contributed by atoms with Gasteiger partial charge in [0.2, 0.25) is 5.91 Å². The third-order valence-corrected chi connectivity index (χ3v) is 5.37. The molecule has 2 aromatic rings. The second-order valence-electron chi connectivity index (χ2n) is 6.15. The van der Waals surface area contributed by atoms with Gasteiger partial charge in [0.1, 0.15) is 12.3 Å². The molecule has 1 aliphatic rings. The van der Waals surface area contributed by atoms with Gasteiger partial charge in [0.25, 0.3) is 5.91 Å². The minimum Gasteiger partial charge on any atom is -0.482 e. The summed E-state index contributed by atoms with van der Waals surface area (Å²) in [5, 5.41) is 0.996. The highest BCUT2D eigenvalue weighted by molar-refractivity contribution is 7.11. The van der Waals surface area contributed by atoms with Gasteiger partial charge in [-0.15, -0.1) is 11.3 Å². The monoisotopic (exact) mass is 373 g/mol. The van der Waals surface area contributed by atoms with Gasteiger partial charge in [0.15, 0.2) is 6.61 Å². The number of fused-ring (bicyclic) bond motifs is 1. The summed E-state index contributed by atoms with van der Waals surface area (Å²) < 4.78 is 5.55. The first-order valence-corrected chi connectivity index (χ1v) is 9.55. The minimum absolute atomic E-state index is 0.0232. The van der Waals surface area contributed by atoms with Gasteiger partial charge in [-0.2, -0.15) is 0 Å². The van der Waals surface area contributed by atoms with Gasteiger partial charge in [-0.1, -0.05) is 0 Å². The van der Waals surface area contributed by atoms with Crippen molar-refractivity contribution < 1.29 is 14.3 Å². The van der Waals surface area contributed by atoms with Gasteiger partial charge in [-0.3, -0.25) is 14.5 Å². The zero-order chi connectivity index (χ0) is 18.8. The molecule has 0 radical (unpaired) electrons. The molecule has 1 aromatic heterocycles. The molecule has 0 bridgehead atoms. The van der Waals surface area contributed by atoms with Gasteiger partial charge in [0, 0.05) is 23.5 Å². The number of carbonyl (C=O) groups is 2. The number of hydrogen-bond acceptors (Lipinski definition) is 5. The quantitative estimate of drug-likeness (QED) is 0.808. The zero-order valence-electron chi connectivity index (χ0n) is 15.5. The van der Waals surface area contributed by atoms with Crippen molar-refractivity contribution in [1.82, 2.24) is 9.88 Å². The fraction of sp³-hybridized carbons (Fsp3) is 0.421. The zero-order valence-corrected chi connectivity index (χ0v) is 16.4. The van der Waals surface area contributed by atoms with Crippen molar-refractivity contribution in [2.75, 3.05) is 31.1 Å². The smallest absolute Gasteiger partial charge is 0.265 e. The van der Waals surface area contributed by atoms with Crippen LogP contribution < -0.4 is 9.64 Å². The number of thiazole rings is 1.